The van der Waals surface area contributed by atoms with E-state index in [1.807, 2.05) is 0 Å². The van der Waals surface area contributed by atoms with Gasteiger partial charge in [-0.15, -0.1) is 36.4 Å². The van der Waals surface area contributed by atoms with Gasteiger partial charge in [-0.2, -0.15) is 52.6 Å². The van der Waals surface area contributed by atoms with E-state index in [1.54, 1.807) is 34.0 Å². The summed E-state index contributed by atoms with van der Waals surface area (Å²) in [7, 11) is 0. The van der Waals surface area contributed by atoms with E-state index in [0.29, 0.717) is 0 Å². The molecule has 0 fully saturated rings. The molecule has 234 valence electrons. The van der Waals surface area contributed by atoms with Crippen molar-refractivity contribution < 1.29 is 20.1 Å². The third-order valence-electron chi connectivity index (χ3n) is 9.03. The van der Waals surface area contributed by atoms with Gasteiger partial charge < -0.3 is 0 Å². The molecule has 10 rings (SSSR count). The van der Waals surface area contributed by atoms with Crippen LogP contribution in [-0.4, -0.2) is 15.0 Å². The number of pyridine rings is 3. The zero-order valence-electron chi connectivity index (χ0n) is 25.8. The first-order valence-electron chi connectivity index (χ1n) is 15.9. The molecular formula is C42H24IrN3S3. The van der Waals surface area contributed by atoms with E-state index in [-0.39, 0.29) is 37.9 Å². The van der Waals surface area contributed by atoms with Gasteiger partial charge in [-0.25, -0.2) is 34.0 Å². The maximum atomic E-state index is 5.46. The van der Waals surface area contributed by atoms with Gasteiger partial charge in [-0.05, 0) is 36.4 Å². The zero-order valence-corrected chi connectivity index (χ0v) is 30.6. The van der Waals surface area contributed by atoms with Crippen LogP contribution in [0.1, 0.15) is 66.5 Å². The van der Waals surface area contributed by atoms with Gasteiger partial charge in [-0.1, -0.05) is 65.1 Å². The summed E-state index contributed by atoms with van der Waals surface area (Å²) in [6, 6.07) is 55.9. The van der Waals surface area contributed by atoms with Crippen molar-refractivity contribution in [3.8, 4) is 0 Å². The van der Waals surface area contributed by atoms with E-state index in [1.165, 1.54) is 14.1 Å². The molecule has 6 aromatic heterocycles. The molecule has 0 spiro atoms. The standard InChI is InChI=1S/C42H24N3S3.Ir/c1-4-19-34-25(10-1)22-37(46-34)40-28-13-7-15-30(43-28)41(38-23-26-11-2-5-20-35(26)47-38)32-17-9-18-33(45-32)42(31-16-8-14-29(40)44-31)39-24-27-12-3-6-21-36(27)48-39;/h1-21,40-42H;/q-3;+3. The van der Waals surface area contributed by atoms with Crippen LogP contribution in [-0.2, 0) is 20.1 Å². The minimum absolute atomic E-state index is 0. The van der Waals surface area contributed by atoms with Gasteiger partial charge in [0.15, 0.2) is 0 Å². The Bertz CT molecular complexity index is 2190. The summed E-state index contributed by atoms with van der Waals surface area (Å²) in [6.45, 7) is 0. The summed E-state index contributed by atoms with van der Waals surface area (Å²) in [5.41, 5.74) is 5.71. The smallest absolute Gasteiger partial charge is 0.256 e. The fourth-order valence-corrected chi connectivity index (χ4v) is 10.2. The molecule has 6 bridgehead atoms. The third kappa shape index (κ3) is 5.38. The Balaban J connectivity index is 0.00000325. The van der Waals surface area contributed by atoms with Crippen molar-refractivity contribution in [2.24, 2.45) is 0 Å². The first-order chi connectivity index (χ1) is 23.7. The number of hydrogen-bond donors (Lipinski definition) is 0. The summed E-state index contributed by atoms with van der Waals surface area (Å²) in [4.78, 5) is 19.7. The predicted octanol–water partition coefficient (Wildman–Crippen LogP) is 10.8. The van der Waals surface area contributed by atoms with Crippen LogP contribution < -0.4 is 0 Å². The first kappa shape index (κ1) is 30.7. The fraction of sp³-hybridized carbons (Fsp3) is 0.0714. The van der Waals surface area contributed by atoms with Crippen LogP contribution >= 0.6 is 34.0 Å². The second-order valence-corrected chi connectivity index (χ2v) is 15.3. The van der Waals surface area contributed by atoms with Gasteiger partial charge in [-0.3, -0.25) is 15.0 Å². The maximum absolute atomic E-state index is 5.46. The van der Waals surface area contributed by atoms with Gasteiger partial charge in [0, 0.05) is 0 Å². The minimum Gasteiger partial charge on any atom is -0.256 e. The van der Waals surface area contributed by atoms with Gasteiger partial charge in [0.1, 0.15) is 0 Å². The summed E-state index contributed by atoms with van der Waals surface area (Å²) >= 11 is 5.31. The van der Waals surface area contributed by atoms with Crippen LogP contribution in [0.15, 0.2) is 127 Å². The number of aromatic nitrogens is 3. The second-order valence-electron chi connectivity index (χ2n) is 12.0. The van der Waals surface area contributed by atoms with Crippen molar-refractivity contribution >= 4 is 64.3 Å². The fourth-order valence-electron chi connectivity index (χ4n) is 6.83. The molecule has 7 heterocycles. The molecule has 0 aliphatic carbocycles. The largest absolute Gasteiger partial charge is 3.00 e. The van der Waals surface area contributed by atoms with Crippen molar-refractivity contribution in [1.29, 1.82) is 0 Å². The topological polar surface area (TPSA) is 38.7 Å². The van der Waals surface area contributed by atoms with Crippen LogP contribution in [0.5, 0.6) is 0 Å². The van der Waals surface area contributed by atoms with E-state index >= 15 is 0 Å². The molecule has 7 heteroatoms. The summed E-state index contributed by atoms with van der Waals surface area (Å²) < 4.78 is 3.63. The van der Waals surface area contributed by atoms with Crippen LogP contribution in [0.25, 0.3) is 30.3 Å². The Hall–Kier alpha value is -4.36. The summed E-state index contributed by atoms with van der Waals surface area (Å²) in [5, 5.41) is 3.35. The third-order valence-corrected chi connectivity index (χ3v) is 12.4. The molecule has 3 nitrogen and oxygen atoms in total. The molecule has 0 saturated heterocycles. The van der Waals surface area contributed by atoms with E-state index in [0.717, 1.165) is 65.0 Å². The number of nitrogens with zero attached hydrogens (tertiary/aromatic N) is 3. The van der Waals surface area contributed by atoms with Crippen molar-refractivity contribution in [3.05, 3.63) is 194 Å². The Labute approximate surface area is 309 Å². The Morgan fingerprint density at radius 2 is 0.612 bits per heavy atom. The summed E-state index contributed by atoms with van der Waals surface area (Å²) in [6.07, 6.45) is 0. The van der Waals surface area contributed by atoms with Crippen molar-refractivity contribution in [2.45, 2.75) is 17.8 Å². The Morgan fingerprint density at radius 1 is 0.347 bits per heavy atom. The molecule has 0 amide bonds. The minimum atomic E-state index is -0.188. The Kier molecular flexibility index (Phi) is 7.83. The van der Waals surface area contributed by atoms with E-state index in [4.69, 9.17) is 15.0 Å². The molecule has 1 aliphatic rings. The van der Waals surface area contributed by atoms with Crippen LogP contribution in [0.2, 0.25) is 0 Å². The molecule has 0 saturated carbocycles. The average molecular weight is 859 g/mol. The van der Waals surface area contributed by atoms with Crippen molar-refractivity contribution in [1.82, 2.24) is 15.0 Å². The average Bonchev–Trinajstić information content (AvgIpc) is 3.86. The van der Waals surface area contributed by atoms with Crippen molar-refractivity contribution in [3.63, 3.8) is 0 Å². The number of thiophene rings is 3. The molecule has 3 aromatic carbocycles. The number of rotatable bonds is 3. The van der Waals surface area contributed by atoms with Crippen LogP contribution in [0.3, 0.4) is 0 Å². The van der Waals surface area contributed by atoms with E-state index in [9.17, 15) is 0 Å². The second kappa shape index (κ2) is 12.5. The number of fused-ring (bicyclic) bond motifs is 9. The van der Waals surface area contributed by atoms with Crippen LogP contribution in [0, 0.1) is 18.2 Å². The molecule has 0 N–H and O–H groups in total. The van der Waals surface area contributed by atoms with Crippen LogP contribution in [0.4, 0.5) is 0 Å². The summed E-state index contributed by atoms with van der Waals surface area (Å²) in [5.74, 6) is -0.564. The molecular weight excluding hydrogens is 835 g/mol. The number of benzene rings is 3. The Morgan fingerprint density at radius 3 is 0.878 bits per heavy atom. The normalized spacial score (nSPS) is 17.0. The maximum Gasteiger partial charge on any atom is 3.00 e. The quantitative estimate of drug-likeness (QED) is 0.166. The monoisotopic (exact) mass is 859 g/mol. The molecule has 0 radical (unpaired) electrons. The molecule has 0 atom stereocenters. The van der Waals surface area contributed by atoms with Gasteiger partial charge >= 0.3 is 20.1 Å². The van der Waals surface area contributed by atoms with Gasteiger partial charge in [0.05, 0.1) is 51.9 Å². The SMILES string of the molecule is [Ir+3].[c-]1c(C2c3cccc(n3)C(c3[c-]c4ccccc4s3)c3cccc(n3)C(c3[c-]c4ccccc4s3)c3cccc2n3)sc2ccccc12. The van der Waals surface area contributed by atoms with Crippen molar-refractivity contribution in [2.75, 3.05) is 0 Å². The first-order valence-corrected chi connectivity index (χ1v) is 18.3. The molecule has 0 unspecified atom stereocenters. The molecule has 1 aliphatic heterocycles. The predicted molar refractivity (Wildman–Crippen MR) is 198 cm³/mol. The van der Waals surface area contributed by atoms with E-state index < -0.39 is 0 Å². The number of hydrogen-bond acceptors (Lipinski definition) is 6. The van der Waals surface area contributed by atoms with E-state index in [2.05, 4.69) is 146 Å². The van der Waals surface area contributed by atoms with Gasteiger partial charge in [0.25, 0.3) is 0 Å². The zero-order chi connectivity index (χ0) is 31.6. The molecule has 9 aromatic rings. The molecule has 49 heavy (non-hydrogen) atoms. The van der Waals surface area contributed by atoms with Gasteiger partial charge in [0.2, 0.25) is 0 Å².